The van der Waals surface area contributed by atoms with Gasteiger partial charge in [0.25, 0.3) is 0 Å². The quantitative estimate of drug-likeness (QED) is 0.422. The summed E-state index contributed by atoms with van der Waals surface area (Å²) in [6.45, 7) is 4.28. The first-order valence-corrected chi connectivity index (χ1v) is 11.9. The Hall–Kier alpha value is -3.91. The van der Waals surface area contributed by atoms with Crippen molar-refractivity contribution < 1.29 is 9.53 Å². The van der Waals surface area contributed by atoms with Crippen LogP contribution in [0.2, 0.25) is 0 Å². The van der Waals surface area contributed by atoms with Gasteiger partial charge in [-0.15, -0.1) is 5.10 Å². The second kappa shape index (κ2) is 9.76. The second-order valence-corrected chi connectivity index (χ2v) is 9.05. The standard InChI is InChI=1S/C27H30N6O2/c1-18-15-20(7-9-22(18)19-11-13-32(14-12-19)17-26(28)34)30-27-29-16-21-8-10-24(33(21)31-27)23-5-3-4-6-25(23)35-2/h3-10,15-16,19H,11-14,17H2,1-2H3,(H2,28,34)(H,30,31). The molecule has 0 unspecified atom stereocenters. The summed E-state index contributed by atoms with van der Waals surface area (Å²) in [5.41, 5.74) is 11.7. The van der Waals surface area contributed by atoms with Crippen LogP contribution in [-0.4, -0.2) is 52.1 Å². The summed E-state index contributed by atoms with van der Waals surface area (Å²) >= 11 is 0. The van der Waals surface area contributed by atoms with E-state index in [1.54, 1.807) is 7.11 Å². The topological polar surface area (TPSA) is 97.8 Å². The van der Waals surface area contributed by atoms with Crippen molar-refractivity contribution in [1.82, 2.24) is 19.5 Å². The normalized spacial score (nSPS) is 14.8. The van der Waals surface area contributed by atoms with Crippen molar-refractivity contribution in [1.29, 1.82) is 0 Å². The third-order valence-electron chi connectivity index (χ3n) is 6.71. The molecule has 5 rings (SSSR count). The number of carbonyl (C=O) groups is 1. The number of rotatable bonds is 7. The number of hydrogen-bond donors (Lipinski definition) is 2. The molecule has 180 valence electrons. The summed E-state index contributed by atoms with van der Waals surface area (Å²) in [5, 5.41) is 8.11. The molecule has 1 saturated heterocycles. The highest BCUT2D eigenvalue weighted by molar-refractivity contribution is 5.76. The van der Waals surface area contributed by atoms with Crippen LogP contribution in [0.15, 0.2) is 60.8 Å². The van der Waals surface area contributed by atoms with E-state index in [0.717, 1.165) is 54.1 Å². The fourth-order valence-corrected chi connectivity index (χ4v) is 4.98. The molecule has 1 fully saturated rings. The van der Waals surface area contributed by atoms with Crippen LogP contribution in [0, 0.1) is 6.92 Å². The van der Waals surface area contributed by atoms with Crippen LogP contribution < -0.4 is 15.8 Å². The van der Waals surface area contributed by atoms with Crippen LogP contribution in [0.1, 0.15) is 29.9 Å². The van der Waals surface area contributed by atoms with Crippen molar-refractivity contribution in [2.45, 2.75) is 25.7 Å². The molecular formula is C27H30N6O2. The molecule has 1 aliphatic rings. The predicted molar refractivity (Wildman–Crippen MR) is 137 cm³/mol. The Bertz CT molecular complexity index is 1360. The molecule has 4 aromatic rings. The van der Waals surface area contributed by atoms with Crippen molar-refractivity contribution in [2.24, 2.45) is 5.73 Å². The number of nitrogens with one attached hydrogen (secondary N) is 1. The van der Waals surface area contributed by atoms with Gasteiger partial charge in [-0.2, -0.15) is 0 Å². The monoisotopic (exact) mass is 470 g/mol. The number of primary amides is 1. The van der Waals surface area contributed by atoms with Gasteiger partial charge < -0.3 is 15.8 Å². The summed E-state index contributed by atoms with van der Waals surface area (Å²) in [6, 6.07) is 18.4. The molecule has 1 amide bonds. The van der Waals surface area contributed by atoms with E-state index < -0.39 is 0 Å². The van der Waals surface area contributed by atoms with Gasteiger partial charge in [-0.3, -0.25) is 9.69 Å². The lowest BCUT2D eigenvalue weighted by Crippen LogP contribution is -2.39. The van der Waals surface area contributed by atoms with Crippen molar-refractivity contribution in [3.8, 4) is 17.0 Å². The second-order valence-electron chi connectivity index (χ2n) is 9.05. The number of likely N-dealkylation sites (tertiary alicyclic amines) is 1. The van der Waals surface area contributed by atoms with Gasteiger partial charge in [0.2, 0.25) is 11.9 Å². The Labute approximate surface area is 204 Å². The molecule has 2 aromatic carbocycles. The number of hydrogen-bond acceptors (Lipinski definition) is 6. The maximum Gasteiger partial charge on any atom is 0.245 e. The maximum absolute atomic E-state index is 11.2. The fraction of sp³-hybridized carbons (Fsp3) is 0.296. The van der Waals surface area contributed by atoms with Gasteiger partial charge in [-0.05, 0) is 86.3 Å². The lowest BCUT2D eigenvalue weighted by atomic mass is 9.86. The van der Waals surface area contributed by atoms with Gasteiger partial charge in [-0.1, -0.05) is 18.2 Å². The molecule has 0 spiro atoms. The molecule has 0 aliphatic carbocycles. The number of methoxy groups -OCH3 is 1. The molecule has 0 bridgehead atoms. The summed E-state index contributed by atoms with van der Waals surface area (Å²) in [7, 11) is 1.67. The number of para-hydroxylation sites is 1. The van der Waals surface area contributed by atoms with E-state index in [1.165, 1.54) is 11.1 Å². The summed E-state index contributed by atoms with van der Waals surface area (Å²) in [6.07, 6.45) is 3.87. The zero-order chi connectivity index (χ0) is 24.4. The number of carbonyl (C=O) groups excluding carboxylic acids is 1. The van der Waals surface area contributed by atoms with Gasteiger partial charge in [0.05, 0.1) is 31.1 Å². The van der Waals surface area contributed by atoms with Gasteiger partial charge >= 0.3 is 0 Å². The Kier molecular flexibility index (Phi) is 6.37. The number of amides is 1. The summed E-state index contributed by atoms with van der Waals surface area (Å²) in [4.78, 5) is 17.8. The number of piperidine rings is 1. The average Bonchev–Trinajstić information content (AvgIpc) is 3.27. The van der Waals surface area contributed by atoms with Crippen LogP contribution in [0.3, 0.4) is 0 Å². The minimum atomic E-state index is -0.259. The first-order valence-electron chi connectivity index (χ1n) is 11.9. The molecule has 35 heavy (non-hydrogen) atoms. The number of nitrogens with zero attached hydrogens (tertiary/aromatic N) is 4. The third-order valence-corrected chi connectivity index (χ3v) is 6.71. The maximum atomic E-state index is 11.2. The van der Waals surface area contributed by atoms with Crippen LogP contribution in [-0.2, 0) is 4.79 Å². The fourth-order valence-electron chi connectivity index (χ4n) is 4.98. The number of nitrogens with two attached hydrogens (primary N) is 1. The molecule has 3 heterocycles. The number of ether oxygens (including phenoxy) is 1. The lowest BCUT2D eigenvalue weighted by molar-refractivity contribution is -0.119. The molecule has 8 nitrogen and oxygen atoms in total. The first-order chi connectivity index (χ1) is 17.0. The van der Waals surface area contributed by atoms with E-state index >= 15 is 0 Å². The van der Waals surface area contributed by atoms with Crippen LogP contribution in [0.5, 0.6) is 5.75 Å². The predicted octanol–water partition coefficient (Wildman–Crippen LogP) is 4.12. The number of anilines is 2. The summed E-state index contributed by atoms with van der Waals surface area (Å²) in [5.74, 6) is 1.55. The van der Waals surface area contributed by atoms with Crippen LogP contribution in [0.25, 0.3) is 16.8 Å². The van der Waals surface area contributed by atoms with Crippen molar-refractivity contribution in [3.63, 3.8) is 0 Å². The first kappa shape index (κ1) is 22.9. The summed E-state index contributed by atoms with van der Waals surface area (Å²) < 4.78 is 7.43. The Morgan fingerprint density at radius 1 is 1.14 bits per heavy atom. The highest BCUT2D eigenvalue weighted by Crippen LogP contribution is 2.33. The zero-order valence-electron chi connectivity index (χ0n) is 20.1. The molecule has 3 N–H and O–H groups in total. The number of fused-ring (bicyclic) bond motifs is 1. The molecule has 1 aliphatic heterocycles. The molecule has 2 aromatic heterocycles. The Morgan fingerprint density at radius 2 is 1.94 bits per heavy atom. The van der Waals surface area contributed by atoms with E-state index in [-0.39, 0.29) is 5.91 Å². The van der Waals surface area contributed by atoms with E-state index in [0.29, 0.717) is 18.4 Å². The highest BCUT2D eigenvalue weighted by Gasteiger charge is 2.22. The third kappa shape index (κ3) is 4.83. The van der Waals surface area contributed by atoms with Gasteiger partial charge in [-0.25, -0.2) is 9.50 Å². The Balaban J connectivity index is 1.34. The lowest BCUT2D eigenvalue weighted by Gasteiger charge is -2.32. The zero-order valence-corrected chi connectivity index (χ0v) is 20.1. The van der Waals surface area contributed by atoms with Crippen molar-refractivity contribution in [3.05, 3.63) is 71.9 Å². The van der Waals surface area contributed by atoms with Gasteiger partial charge in [0, 0.05) is 11.3 Å². The SMILES string of the molecule is COc1ccccc1-c1ccc2cnc(Nc3ccc(C4CCN(CC(N)=O)CC4)c(C)c3)nn12. The molecule has 0 saturated carbocycles. The molecule has 0 atom stereocenters. The van der Waals surface area contributed by atoms with Gasteiger partial charge in [0.15, 0.2) is 0 Å². The number of aryl methyl sites for hydroxylation is 1. The minimum Gasteiger partial charge on any atom is -0.496 e. The average molecular weight is 471 g/mol. The number of aromatic nitrogens is 3. The van der Waals surface area contributed by atoms with Crippen molar-refractivity contribution in [2.75, 3.05) is 32.1 Å². The molecule has 8 heteroatoms. The van der Waals surface area contributed by atoms with E-state index in [4.69, 9.17) is 15.6 Å². The highest BCUT2D eigenvalue weighted by atomic mass is 16.5. The van der Waals surface area contributed by atoms with Crippen LogP contribution in [0.4, 0.5) is 11.6 Å². The number of benzene rings is 2. The van der Waals surface area contributed by atoms with E-state index in [1.807, 2.05) is 47.1 Å². The molecular weight excluding hydrogens is 440 g/mol. The van der Waals surface area contributed by atoms with E-state index in [9.17, 15) is 4.79 Å². The van der Waals surface area contributed by atoms with E-state index in [2.05, 4.69) is 40.3 Å². The van der Waals surface area contributed by atoms with Crippen molar-refractivity contribution >= 4 is 23.1 Å². The van der Waals surface area contributed by atoms with Crippen LogP contribution >= 0.6 is 0 Å². The smallest absolute Gasteiger partial charge is 0.245 e. The molecule has 0 radical (unpaired) electrons. The van der Waals surface area contributed by atoms with Gasteiger partial charge in [0.1, 0.15) is 5.75 Å². The minimum absolute atomic E-state index is 0.259. The largest absolute Gasteiger partial charge is 0.496 e. The Morgan fingerprint density at radius 3 is 2.69 bits per heavy atom.